The van der Waals surface area contributed by atoms with Gasteiger partial charge in [0.15, 0.2) is 0 Å². The molecule has 0 saturated carbocycles. The third-order valence-corrected chi connectivity index (χ3v) is 1.87. The Kier molecular flexibility index (Phi) is 2.80. The second kappa shape index (κ2) is 3.46. The molecule has 0 aliphatic carbocycles. The summed E-state index contributed by atoms with van der Waals surface area (Å²) in [7, 11) is 0. The number of rotatable bonds is 1. The molecule has 0 spiro atoms. The van der Waals surface area contributed by atoms with Crippen molar-refractivity contribution in [2.24, 2.45) is 0 Å². The van der Waals surface area contributed by atoms with Crippen molar-refractivity contribution in [3.8, 4) is 0 Å². The van der Waals surface area contributed by atoms with Gasteiger partial charge in [-0.25, -0.2) is 0 Å². The van der Waals surface area contributed by atoms with E-state index in [0.29, 0.717) is 0 Å². The van der Waals surface area contributed by atoms with Crippen LogP contribution in [0.1, 0.15) is 6.42 Å². The molecule has 0 aromatic heterocycles. The summed E-state index contributed by atoms with van der Waals surface area (Å²) in [6.07, 6.45) is -2.99. The minimum atomic E-state index is -1.15. The van der Waals surface area contributed by atoms with Crippen LogP contribution in [-0.4, -0.2) is 51.5 Å². The van der Waals surface area contributed by atoms with Gasteiger partial charge < -0.3 is 20.4 Å². The summed E-state index contributed by atoms with van der Waals surface area (Å²) < 4.78 is 0. The minimum absolute atomic E-state index is 0.152. The largest absolute Gasteiger partial charge is 0.395 e. The molecule has 0 bridgehead atoms. The fraction of sp³-hybridized carbons (Fsp3) is 1.00. The Morgan fingerprint density at radius 1 is 1.27 bits per heavy atom. The van der Waals surface area contributed by atoms with Crippen molar-refractivity contribution in [3.05, 3.63) is 0 Å². The number of aliphatic hydroxyl groups excluding tert-OH is 4. The maximum atomic E-state index is 9.09. The van der Waals surface area contributed by atoms with Gasteiger partial charge in [-0.05, 0) is 6.42 Å². The van der Waals surface area contributed by atoms with Crippen molar-refractivity contribution < 1.29 is 20.4 Å². The fourth-order valence-electron chi connectivity index (χ4n) is 1.18. The summed E-state index contributed by atoms with van der Waals surface area (Å²) >= 11 is 0. The zero-order chi connectivity index (χ0) is 8.43. The van der Waals surface area contributed by atoms with E-state index in [1.165, 1.54) is 0 Å². The van der Waals surface area contributed by atoms with E-state index in [-0.39, 0.29) is 19.1 Å². The van der Waals surface area contributed by atoms with E-state index in [1.807, 2.05) is 0 Å². The van der Waals surface area contributed by atoms with Crippen LogP contribution < -0.4 is 5.32 Å². The predicted octanol–water partition coefficient (Wildman–Crippen LogP) is -2.62. The number of hydrogen-bond donors (Lipinski definition) is 5. The predicted molar refractivity (Wildman–Crippen MR) is 36.6 cm³/mol. The number of nitrogens with one attached hydrogen (secondary N) is 1. The Hall–Kier alpha value is -0.200. The number of hydrogen-bond acceptors (Lipinski definition) is 5. The Labute approximate surface area is 64.3 Å². The molecule has 1 heterocycles. The highest BCUT2D eigenvalue weighted by Gasteiger charge is 2.33. The summed E-state index contributed by atoms with van der Waals surface area (Å²) in [6.45, 7) is -0.152. The van der Waals surface area contributed by atoms with Gasteiger partial charge >= 0.3 is 0 Å². The lowest BCUT2D eigenvalue weighted by atomic mass is 9.99. The lowest BCUT2D eigenvalue weighted by molar-refractivity contribution is -0.109. The molecular formula is C6H13NO4. The van der Waals surface area contributed by atoms with Crippen molar-refractivity contribution in [2.75, 3.05) is 6.61 Å². The van der Waals surface area contributed by atoms with E-state index in [2.05, 4.69) is 5.32 Å². The van der Waals surface area contributed by atoms with Crippen molar-refractivity contribution >= 4 is 0 Å². The lowest BCUT2D eigenvalue weighted by Crippen LogP contribution is -2.57. The van der Waals surface area contributed by atoms with Gasteiger partial charge in [0.2, 0.25) is 0 Å². The third-order valence-electron chi connectivity index (χ3n) is 1.87. The quantitative estimate of drug-likeness (QED) is 0.292. The molecule has 5 heteroatoms. The molecule has 0 aromatic carbocycles. The normalized spacial score (nSPS) is 45.8. The number of aliphatic hydroxyl groups is 4. The first-order chi connectivity index (χ1) is 5.15. The Morgan fingerprint density at radius 2 is 1.91 bits per heavy atom. The van der Waals surface area contributed by atoms with Crippen LogP contribution in [-0.2, 0) is 0 Å². The summed E-state index contributed by atoms with van der Waals surface area (Å²) in [5, 5.41) is 38.3. The smallest absolute Gasteiger partial charge is 0.133 e. The van der Waals surface area contributed by atoms with Gasteiger partial charge in [0.05, 0.1) is 12.7 Å². The van der Waals surface area contributed by atoms with Crippen LogP contribution in [0.2, 0.25) is 0 Å². The standard InChI is InChI=1S/C6H13NO4/c8-2-3-1-4(9)5(10)6(11)7-3/h3-11H,1-2H2/t3-,4-,5+,6?/m1/s1. The second-order valence-corrected chi connectivity index (χ2v) is 2.78. The minimum Gasteiger partial charge on any atom is -0.395 e. The lowest BCUT2D eigenvalue weighted by Gasteiger charge is -2.34. The molecule has 1 unspecified atom stereocenters. The Morgan fingerprint density at radius 3 is 2.36 bits per heavy atom. The molecule has 0 amide bonds. The zero-order valence-corrected chi connectivity index (χ0v) is 6.01. The molecule has 1 saturated heterocycles. The molecule has 1 fully saturated rings. The van der Waals surface area contributed by atoms with Crippen LogP contribution in [0.25, 0.3) is 0 Å². The average molecular weight is 163 g/mol. The van der Waals surface area contributed by atoms with Crippen LogP contribution >= 0.6 is 0 Å². The first kappa shape index (κ1) is 8.89. The third kappa shape index (κ3) is 1.88. The SMILES string of the molecule is OC[C@H]1C[C@@H](O)[C@H](O)C(O)N1. The van der Waals surface area contributed by atoms with Gasteiger partial charge in [0.1, 0.15) is 12.3 Å². The first-order valence-corrected chi connectivity index (χ1v) is 3.56. The fourth-order valence-corrected chi connectivity index (χ4v) is 1.18. The van der Waals surface area contributed by atoms with Crippen molar-refractivity contribution in [1.29, 1.82) is 0 Å². The van der Waals surface area contributed by atoms with Gasteiger partial charge in [0.25, 0.3) is 0 Å². The van der Waals surface area contributed by atoms with Crippen LogP contribution in [0, 0.1) is 0 Å². The van der Waals surface area contributed by atoms with Crippen LogP contribution in [0.4, 0.5) is 0 Å². The van der Waals surface area contributed by atoms with Crippen molar-refractivity contribution in [3.63, 3.8) is 0 Å². The van der Waals surface area contributed by atoms with E-state index in [9.17, 15) is 0 Å². The van der Waals surface area contributed by atoms with E-state index in [4.69, 9.17) is 20.4 Å². The highest BCUT2D eigenvalue weighted by molar-refractivity contribution is 4.86. The maximum absolute atomic E-state index is 9.09. The molecule has 66 valence electrons. The zero-order valence-electron chi connectivity index (χ0n) is 6.01. The van der Waals surface area contributed by atoms with E-state index in [0.717, 1.165) is 0 Å². The van der Waals surface area contributed by atoms with Crippen LogP contribution in [0.15, 0.2) is 0 Å². The van der Waals surface area contributed by atoms with Crippen LogP contribution in [0.3, 0.4) is 0 Å². The van der Waals surface area contributed by atoms with E-state index >= 15 is 0 Å². The van der Waals surface area contributed by atoms with Gasteiger partial charge in [-0.1, -0.05) is 0 Å². The molecule has 1 aliphatic rings. The van der Waals surface area contributed by atoms with Gasteiger partial charge in [-0.15, -0.1) is 0 Å². The topological polar surface area (TPSA) is 93.0 Å². The van der Waals surface area contributed by atoms with Gasteiger partial charge in [-0.2, -0.15) is 0 Å². The molecule has 0 aromatic rings. The molecular weight excluding hydrogens is 150 g/mol. The first-order valence-electron chi connectivity index (χ1n) is 3.56. The molecule has 4 atom stereocenters. The molecule has 1 rings (SSSR count). The highest BCUT2D eigenvalue weighted by Crippen LogP contribution is 2.12. The van der Waals surface area contributed by atoms with Crippen molar-refractivity contribution in [1.82, 2.24) is 5.32 Å². The van der Waals surface area contributed by atoms with Crippen LogP contribution in [0.5, 0.6) is 0 Å². The summed E-state index contributed by atoms with van der Waals surface area (Å²) in [5.41, 5.74) is 0. The summed E-state index contributed by atoms with van der Waals surface area (Å²) in [6, 6.07) is -0.330. The van der Waals surface area contributed by atoms with Crippen molar-refractivity contribution in [2.45, 2.75) is 30.9 Å². The Balaban J connectivity index is 2.47. The summed E-state index contributed by atoms with van der Waals surface area (Å²) in [4.78, 5) is 0. The monoisotopic (exact) mass is 163 g/mol. The summed E-state index contributed by atoms with van der Waals surface area (Å²) in [5.74, 6) is 0. The number of piperidine rings is 1. The molecule has 11 heavy (non-hydrogen) atoms. The van der Waals surface area contributed by atoms with E-state index < -0.39 is 18.4 Å². The highest BCUT2D eigenvalue weighted by atomic mass is 16.4. The average Bonchev–Trinajstić information content (AvgIpc) is 1.99. The molecule has 5 nitrogen and oxygen atoms in total. The molecule has 5 N–H and O–H groups in total. The molecule has 1 aliphatic heterocycles. The Bertz CT molecular complexity index is 120. The second-order valence-electron chi connectivity index (χ2n) is 2.78. The van der Waals surface area contributed by atoms with E-state index in [1.54, 1.807) is 0 Å². The van der Waals surface area contributed by atoms with Gasteiger partial charge in [-0.3, -0.25) is 5.32 Å². The molecule has 0 radical (unpaired) electrons. The van der Waals surface area contributed by atoms with Gasteiger partial charge in [0, 0.05) is 6.04 Å². The maximum Gasteiger partial charge on any atom is 0.133 e.